The molecule has 1 saturated heterocycles. The zero-order valence-electron chi connectivity index (χ0n) is 29.5. The van der Waals surface area contributed by atoms with Crippen LogP contribution in [0.4, 0.5) is 11.4 Å². The van der Waals surface area contributed by atoms with E-state index in [1.807, 2.05) is 65.2 Å². The van der Waals surface area contributed by atoms with Crippen LogP contribution in [0.25, 0.3) is 11.0 Å². The normalized spacial score (nSPS) is 15.7. The van der Waals surface area contributed by atoms with Crippen molar-refractivity contribution in [2.75, 3.05) is 45.2 Å². The highest BCUT2D eigenvalue weighted by atomic mass is 16.2. The smallest absolute Gasteiger partial charge is 0.326 e. The second kappa shape index (κ2) is 14.1. The summed E-state index contributed by atoms with van der Waals surface area (Å²) in [7, 11) is 4.11. The summed E-state index contributed by atoms with van der Waals surface area (Å²) in [6.07, 6.45) is 1.88. The van der Waals surface area contributed by atoms with Gasteiger partial charge in [0.1, 0.15) is 5.84 Å². The molecule has 1 fully saturated rings. The quantitative estimate of drug-likeness (QED) is 0.175. The van der Waals surface area contributed by atoms with Crippen LogP contribution in [0.5, 0.6) is 0 Å². The third kappa shape index (κ3) is 7.29. The minimum atomic E-state index is -0.0640. The van der Waals surface area contributed by atoms with Gasteiger partial charge in [0.25, 0.3) is 5.91 Å². The van der Waals surface area contributed by atoms with Crippen LogP contribution < -0.4 is 15.9 Å². The number of likely N-dealkylation sites (tertiary alicyclic amines) is 1. The highest BCUT2D eigenvalue weighted by Gasteiger charge is 2.26. The van der Waals surface area contributed by atoms with E-state index in [4.69, 9.17) is 4.99 Å². The minimum Gasteiger partial charge on any atom is -0.351 e. The van der Waals surface area contributed by atoms with E-state index in [0.29, 0.717) is 18.7 Å². The number of piperidine rings is 1. The Morgan fingerprint density at radius 3 is 2.40 bits per heavy atom. The van der Waals surface area contributed by atoms with Crippen LogP contribution >= 0.6 is 0 Å². The molecule has 0 spiro atoms. The maximum absolute atomic E-state index is 13.3. The number of aliphatic imine (C=N–C) groups is 1. The highest BCUT2D eigenvalue weighted by Crippen LogP contribution is 2.33. The molecule has 0 radical (unpaired) electrons. The number of benzene rings is 4. The summed E-state index contributed by atoms with van der Waals surface area (Å²) in [5.41, 5.74) is 7.75. The van der Waals surface area contributed by atoms with Gasteiger partial charge >= 0.3 is 5.69 Å². The number of fused-ring (bicyclic) bond motifs is 2. The number of imidazole rings is 1. The Kier molecular flexibility index (Phi) is 9.44. The predicted octanol–water partition coefficient (Wildman–Crippen LogP) is 6.58. The fraction of sp³-hybridized carbons (Fsp3) is 0.341. The molecule has 0 atom stereocenters. The van der Waals surface area contributed by atoms with Gasteiger partial charge in [0.15, 0.2) is 0 Å². The molecule has 50 heavy (non-hydrogen) atoms. The summed E-state index contributed by atoms with van der Waals surface area (Å²) < 4.78 is 1.95. The van der Waals surface area contributed by atoms with E-state index in [-0.39, 0.29) is 23.1 Å². The predicted molar refractivity (Wildman–Crippen MR) is 202 cm³/mol. The van der Waals surface area contributed by atoms with Crippen molar-refractivity contribution in [3.63, 3.8) is 0 Å². The third-order valence-corrected chi connectivity index (χ3v) is 9.86. The second-order valence-electron chi connectivity index (χ2n) is 14.8. The van der Waals surface area contributed by atoms with E-state index in [2.05, 4.69) is 89.3 Å². The molecule has 9 nitrogen and oxygen atoms in total. The van der Waals surface area contributed by atoms with Crippen molar-refractivity contribution in [3.8, 4) is 0 Å². The van der Waals surface area contributed by atoms with Crippen LogP contribution in [0.3, 0.4) is 0 Å². The van der Waals surface area contributed by atoms with Crippen LogP contribution in [-0.2, 0) is 13.1 Å². The Morgan fingerprint density at radius 1 is 0.940 bits per heavy atom. The lowest BCUT2D eigenvalue weighted by molar-refractivity contribution is 0.0929. The molecule has 7 rings (SSSR count). The summed E-state index contributed by atoms with van der Waals surface area (Å²) in [5, 5.41) is 3.15. The average molecular weight is 670 g/mol. The zero-order chi connectivity index (χ0) is 34.8. The molecular formula is C41H47N7O2. The van der Waals surface area contributed by atoms with E-state index in [1.54, 1.807) is 0 Å². The number of hydrogen-bond donors (Lipinski definition) is 2. The number of H-pyrrole nitrogens is 1. The number of rotatable bonds is 10. The molecule has 1 aromatic heterocycles. The van der Waals surface area contributed by atoms with Crippen molar-refractivity contribution in [2.45, 2.75) is 45.8 Å². The van der Waals surface area contributed by atoms with Crippen molar-refractivity contribution >= 4 is 34.2 Å². The first-order valence-corrected chi connectivity index (χ1v) is 17.6. The SMILES string of the molecule is CN(C)CC(C)(C)CNC(=O)c1ccc2c(c1)CN(c1ccc(CN3CCC(n4c(=O)[nH]c5ccccc54)CC3)cc1)C(c1ccccc1)=N2. The lowest BCUT2D eigenvalue weighted by atomic mass is 9.93. The summed E-state index contributed by atoms with van der Waals surface area (Å²) >= 11 is 0. The lowest BCUT2D eigenvalue weighted by Gasteiger charge is -2.33. The number of carbonyl (C=O) groups is 1. The van der Waals surface area contributed by atoms with E-state index >= 15 is 0 Å². The number of anilines is 1. The minimum absolute atomic E-state index is 0.0156. The Hall–Kier alpha value is -4.99. The number of amides is 1. The first kappa shape index (κ1) is 33.5. The molecule has 9 heteroatoms. The number of nitrogens with one attached hydrogen (secondary N) is 2. The molecule has 0 aliphatic carbocycles. The molecule has 0 unspecified atom stereocenters. The summed E-state index contributed by atoms with van der Waals surface area (Å²) in [5.74, 6) is 0.828. The molecular weight excluding hydrogens is 622 g/mol. The number of aromatic amines is 1. The fourth-order valence-corrected chi connectivity index (χ4v) is 7.55. The summed E-state index contributed by atoms with van der Waals surface area (Å²) in [6, 6.07) is 33.1. The highest BCUT2D eigenvalue weighted by molar-refractivity contribution is 6.12. The topological polar surface area (TPSA) is 89.0 Å². The molecule has 1 amide bonds. The lowest BCUT2D eigenvalue weighted by Crippen LogP contribution is -2.40. The first-order chi connectivity index (χ1) is 24.1. The van der Waals surface area contributed by atoms with Gasteiger partial charge in [-0.2, -0.15) is 0 Å². The van der Waals surface area contributed by atoms with Crippen molar-refractivity contribution < 1.29 is 4.79 Å². The second-order valence-corrected chi connectivity index (χ2v) is 14.8. The van der Waals surface area contributed by atoms with Gasteiger partial charge in [-0.1, -0.05) is 68.4 Å². The van der Waals surface area contributed by atoms with E-state index < -0.39 is 0 Å². The van der Waals surface area contributed by atoms with Gasteiger partial charge in [0.2, 0.25) is 0 Å². The van der Waals surface area contributed by atoms with Gasteiger partial charge in [0.05, 0.1) is 23.3 Å². The van der Waals surface area contributed by atoms with Gasteiger partial charge in [0, 0.05) is 55.6 Å². The number of carbonyl (C=O) groups excluding carboxylic acids is 1. The number of amidine groups is 1. The molecule has 0 bridgehead atoms. The van der Waals surface area contributed by atoms with Gasteiger partial charge in [-0.15, -0.1) is 0 Å². The fourth-order valence-electron chi connectivity index (χ4n) is 7.55. The Morgan fingerprint density at radius 2 is 1.66 bits per heavy atom. The average Bonchev–Trinajstić information content (AvgIpc) is 3.46. The van der Waals surface area contributed by atoms with E-state index in [1.165, 1.54) is 5.56 Å². The van der Waals surface area contributed by atoms with Crippen LogP contribution in [0.15, 0.2) is 107 Å². The molecule has 0 saturated carbocycles. The molecule has 5 aromatic rings. The molecule has 258 valence electrons. The number of hydrogen-bond acceptors (Lipinski definition) is 6. The maximum Gasteiger partial charge on any atom is 0.326 e. The van der Waals surface area contributed by atoms with Gasteiger partial charge in [-0.05, 0) is 85.9 Å². The van der Waals surface area contributed by atoms with Crippen molar-refractivity contribution in [1.29, 1.82) is 0 Å². The number of para-hydroxylation sites is 2. The zero-order valence-corrected chi connectivity index (χ0v) is 29.5. The molecule has 2 aliphatic heterocycles. The first-order valence-electron chi connectivity index (χ1n) is 17.6. The Balaban J connectivity index is 1.05. The monoisotopic (exact) mass is 669 g/mol. The molecule has 4 aromatic carbocycles. The van der Waals surface area contributed by atoms with Crippen molar-refractivity contribution in [1.82, 2.24) is 24.7 Å². The third-order valence-electron chi connectivity index (χ3n) is 9.86. The standard InChI is InChI=1S/C41H47N7O2/c1-41(2,28-45(3)4)27-42-39(49)31-16-19-35-32(24-31)26-47(38(43-35)30-10-6-5-7-11-30)33-17-14-29(15-18-33)25-46-22-20-34(21-23-46)48-37-13-9-8-12-36(37)44-40(48)50/h5-19,24,34H,20-23,25-28H2,1-4H3,(H,42,49)(H,44,50). The number of nitrogens with zero attached hydrogens (tertiary/aromatic N) is 5. The van der Waals surface area contributed by atoms with Crippen LogP contribution in [0.2, 0.25) is 0 Å². The molecule has 3 heterocycles. The van der Waals surface area contributed by atoms with Crippen LogP contribution in [0.1, 0.15) is 59.8 Å². The Bertz CT molecular complexity index is 2050. The van der Waals surface area contributed by atoms with Crippen molar-refractivity contribution in [2.24, 2.45) is 10.4 Å². The number of aromatic nitrogens is 2. The van der Waals surface area contributed by atoms with E-state index in [9.17, 15) is 9.59 Å². The molecule has 2 aliphatic rings. The maximum atomic E-state index is 13.3. The van der Waals surface area contributed by atoms with Gasteiger partial charge in [-0.25, -0.2) is 9.79 Å². The van der Waals surface area contributed by atoms with Crippen molar-refractivity contribution in [3.05, 3.63) is 130 Å². The van der Waals surface area contributed by atoms with Gasteiger partial charge in [-0.3, -0.25) is 14.3 Å². The molecule has 2 N–H and O–H groups in total. The van der Waals surface area contributed by atoms with Crippen LogP contribution in [-0.4, -0.2) is 71.4 Å². The summed E-state index contributed by atoms with van der Waals surface area (Å²) in [4.78, 5) is 41.0. The largest absolute Gasteiger partial charge is 0.351 e. The summed E-state index contributed by atoms with van der Waals surface area (Å²) in [6.45, 7) is 9.16. The van der Waals surface area contributed by atoms with Gasteiger partial charge < -0.3 is 20.1 Å². The Labute approximate surface area is 294 Å². The van der Waals surface area contributed by atoms with Crippen LogP contribution in [0, 0.1) is 5.41 Å². The van der Waals surface area contributed by atoms with E-state index in [0.717, 1.165) is 78.4 Å².